The Morgan fingerprint density at radius 2 is 1.89 bits per heavy atom. The van der Waals surface area contributed by atoms with Gasteiger partial charge in [0.15, 0.2) is 12.0 Å². The van der Waals surface area contributed by atoms with Crippen LogP contribution in [0, 0.1) is 0 Å². The molecule has 6 nitrogen and oxygen atoms in total. The Balaban J connectivity index is 2.24. The zero-order chi connectivity index (χ0) is 13.4. The van der Waals surface area contributed by atoms with Gasteiger partial charge in [0.25, 0.3) is 0 Å². The van der Waals surface area contributed by atoms with Crippen LogP contribution in [-0.2, 0) is 0 Å². The first-order chi connectivity index (χ1) is 9.17. The predicted molar refractivity (Wildman–Crippen MR) is 66.2 cm³/mol. The second-order valence-electron chi connectivity index (χ2n) is 3.88. The number of aromatic amines is 1. The van der Waals surface area contributed by atoms with Crippen LogP contribution in [0.1, 0.15) is 10.6 Å². The first-order valence-electron chi connectivity index (χ1n) is 5.40. The van der Waals surface area contributed by atoms with Crippen molar-refractivity contribution in [2.75, 3.05) is 0 Å². The van der Waals surface area contributed by atoms with Crippen molar-refractivity contribution in [3.8, 4) is 11.3 Å². The van der Waals surface area contributed by atoms with Crippen molar-refractivity contribution in [1.29, 1.82) is 0 Å². The third-order valence-electron chi connectivity index (χ3n) is 2.69. The van der Waals surface area contributed by atoms with Crippen LogP contribution in [0.5, 0.6) is 0 Å². The molecule has 0 bridgehead atoms. The Kier molecular flexibility index (Phi) is 2.42. The fourth-order valence-corrected chi connectivity index (χ4v) is 1.82. The van der Waals surface area contributed by atoms with Crippen LogP contribution in [-0.4, -0.2) is 11.3 Å². The van der Waals surface area contributed by atoms with Gasteiger partial charge in [0, 0.05) is 5.56 Å². The summed E-state index contributed by atoms with van der Waals surface area (Å²) < 4.78 is 9.71. The van der Waals surface area contributed by atoms with Gasteiger partial charge in [-0.25, -0.2) is 9.59 Å². The Labute approximate surface area is 105 Å². The van der Waals surface area contributed by atoms with Gasteiger partial charge in [-0.2, -0.15) is 0 Å². The number of carbonyl (C=O) groups excluding carboxylic acids is 1. The zero-order valence-corrected chi connectivity index (χ0v) is 9.51. The Hall–Kier alpha value is -2.89. The van der Waals surface area contributed by atoms with Crippen LogP contribution < -0.4 is 11.4 Å². The van der Waals surface area contributed by atoms with Gasteiger partial charge in [0.05, 0.1) is 10.9 Å². The lowest BCUT2D eigenvalue weighted by Crippen LogP contribution is -2.14. The SMILES string of the molecule is O=Cc1ccc(-c2ccc3[nH]c(=O)oc(=O)c3c2)o1. The molecule has 0 saturated carbocycles. The molecular formula is C13H7NO5. The van der Waals surface area contributed by atoms with E-state index in [4.69, 9.17) is 4.42 Å². The summed E-state index contributed by atoms with van der Waals surface area (Å²) in [6.45, 7) is 0. The van der Waals surface area contributed by atoms with Gasteiger partial charge in [0.2, 0.25) is 0 Å². The maximum absolute atomic E-state index is 11.6. The van der Waals surface area contributed by atoms with E-state index < -0.39 is 11.4 Å². The van der Waals surface area contributed by atoms with E-state index in [2.05, 4.69) is 9.40 Å². The fraction of sp³-hybridized carbons (Fsp3) is 0. The third kappa shape index (κ3) is 1.89. The second-order valence-corrected chi connectivity index (χ2v) is 3.88. The minimum absolute atomic E-state index is 0.198. The van der Waals surface area contributed by atoms with Gasteiger partial charge in [-0.15, -0.1) is 0 Å². The number of benzene rings is 1. The van der Waals surface area contributed by atoms with Crippen molar-refractivity contribution in [2.45, 2.75) is 0 Å². The normalized spacial score (nSPS) is 10.7. The van der Waals surface area contributed by atoms with Crippen LogP contribution in [0.25, 0.3) is 22.2 Å². The van der Waals surface area contributed by atoms with Crippen molar-refractivity contribution in [2.24, 2.45) is 0 Å². The molecule has 19 heavy (non-hydrogen) atoms. The first-order valence-corrected chi connectivity index (χ1v) is 5.40. The van der Waals surface area contributed by atoms with Gasteiger partial charge in [-0.3, -0.25) is 9.78 Å². The number of hydrogen-bond acceptors (Lipinski definition) is 5. The van der Waals surface area contributed by atoms with Gasteiger partial charge in [-0.05, 0) is 30.3 Å². The minimum atomic E-state index is -0.800. The number of nitrogens with one attached hydrogen (secondary N) is 1. The zero-order valence-electron chi connectivity index (χ0n) is 9.51. The maximum Gasteiger partial charge on any atom is 0.419 e. The van der Waals surface area contributed by atoms with E-state index in [0.29, 0.717) is 23.1 Å². The average Bonchev–Trinajstić information content (AvgIpc) is 2.87. The molecule has 2 heterocycles. The number of furan rings is 1. The van der Waals surface area contributed by atoms with Gasteiger partial charge in [-0.1, -0.05) is 0 Å². The van der Waals surface area contributed by atoms with Crippen LogP contribution >= 0.6 is 0 Å². The number of hydrogen-bond donors (Lipinski definition) is 1. The summed E-state index contributed by atoms with van der Waals surface area (Å²) in [5.41, 5.74) is 0.273. The van der Waals surface area contributed by atoms with Crippen molar-refractivity contribution in [3.05, 3.63) is 57.1 Å². The molecule has 0 radical (unpaired) electrons. The number of fused-ring (bicyclic) bond motifs is 1. The molecule has 0 aliphatic heterocycles. The predicted octanol–water partition coefficient (Wildman–Crippen LogP) is 1.55. The lowest BCUT2D eigenvalue weighted by Gasteiger charge is -1.99. The Bertz CT molecular complexity index is 884. The molecule has 3 aromatic rings. The molecule has 94 valence electrons. The molecule has 0 spiro atoms. The van der Waals surface area contributed by atoms with E-state index in [0.717, 1.165) is 0 Å². The summed E-state index contributed by atoms with van der Waals surface area (Å²) >= 11 is 0. The standard InChI is InChI=1S/C13H7NO5/c15-6-8-2-4-11(18-8)7-1-3-10-9(5-7)12(16)19-13(17)14-10/h1-6H,(H,14,17). The minimum Gasteiger partial charge on any atom is -0.453 e. The number of rotatable bonds is 2. The number of aromatic nitrogens is 1. The summed E-state index contributed by atoms with van der Waals surface area (Å²) in [7, 11) is 0. The third-order valence-corrected chi connectivity index (χ3v) is 2.69. The molecule has 1 N–H and O–H groups in total. The fourth-order valence-electron chi connectivity index (χ4n) is 1.82. The van der Waals surface area contributed by atoms with Crippen LogP contribution in [0.4, 0.5) is 0 Å². The van der Waals surface area contributed by atoms with Crippen LogP contribution in [0.2, 0.25) is 0 Å². The van der Waals surface area contributed by atoms with E-state index in [1.807, 2.05) is 0 Å². The van der Waals surface area contributed by atoms with Gasteiger partial charge >= 0.3 is 11.4 Å². The second kappa shape index (κ2) is 4.09. The van der Waals surface area contributed by atoms with Crippen LogP contribution in [0.3, 0.4) is 0 Å². The number of aldehydes is 1. The highest BCUT2D eigenvalue weighted by Crippen LogP contribution is 2.23. The van der Waals surface area contributed by atoms with E-state index in [9.17, 15) is 14.4 Å². The molecule has 3 rings (SSSR count). The molecule has 0 unspecified atom stereocenters. The maximum atomic E-state index is 11.6. The van der Waals surface area contributed by atoms with E-state index in [-0.39, 0.29) is 11.1 Å². The molecule has 0 aliphatic rings. The first kappa shape index (κ1) is 11.2. The molecule has 1 aromatic carbocycles. The summed E-state index contributed by atoms with van der Waals surface area (Å²) in [4.78, 5) is 35.6. The van der Waals surface area contributed by atoms with Crippen molar-refractivity contribution in [1.82, 2.24) is 4.98 Å². The highest BCUT2D eigenvalue weighted by molar-refractivity contribution is 5.82. The van der Waals surface area contributed by atoms with Crippen molar-refractivity contribution >= 4 is 17.2 Å². The lowest BCUT2D eigenvalue weighted by atomic mass is 10.1. The number of H-pyrrole nitrogens is 1. The van der Waals surface area contributed by atoms with Gasteiger partial charge in [0.1, 0.15) is 5.76 Å². The molecule has 0 fully saturated rings. The van der Waals surface area contributed by atoms with E-state index >= 15 is 0 Å². The molecule has 2 aromatic heterocycles. The number of carbonyl (C=O) groups is 1. The summed E-state index contributed by atoms with van der Waals surface area (Å²) in [5, 5.41) is 0.237. The quantitative estimate of drug-likeness (QED) is 0.703. The Morgan fingerprint density at radius 3 is 2.63 bits per heavy atom. The topological polar surface area (TPSA) is 93.3 Å². The highest BCUT2D eigenvalue weighted by Gasteiger charge is 2.08. The summed E-state index contributed by atoms with van der Waals surface area (Å²) in [5.74, 6) is -0.148. The highest BCUT2D eigenvalue weighted by atomic mass is 16.4. The van der Waals surface area contributed by atoms with E-state index in [1.165, 1.54) is 12.1 Å². The molecule has 0 aliphatic carbocycles. The molecule has 0 atom stereocenters. The van der Waals surface area contributed by atoms with E-state index in [1.54, 1.807) is 18.2 Å². The van der Waals surface area contributed by atoms with Crippen LogP contribution in [0.15, 0.2) is 48.8 Å². The Morgan fingerprint density at radius 1 is 1.05 bits per heavy atom. The smallest absolute Gasteiger partial charge is 0.419 e. The summed E-state index contributed by atoms with van der Waals surface area (Å²) in [6.07, 6.45) is 0.594. The van der Waals surface area contributed by atoms with Gasteiger partial charge < -0.3 is 8.83 Å². The molecule has 0 saturated heterocycles. The van der Waals surface area contributed by atoms with Crippen molar-refractivity contribution < 1.29 is 13.6 Å². The average molecular weight is 257 g/mol. The lowest BCUT2D eigenvalue weighted by molar-refractivity contribution is 0.110. The molecule has 0 amide bonds. The van der Waals surface area contributed by atoms with Crippen molar-refractivity contribution in [3.63, 3.8) is 0 Å². The molecular weight excluding hydrogens is 250 g/mol. The molecule has 6 heteroatoms. The summed E-state index contributed by atoms with van der Waals surface area (Å²) in [6, 6.07) is 7.93. The largest absolute Gasteiger partial charge is 0.453 e. The monoisotopic (exact) mass is 257 g/mol.